The number of benzene rings is 1. The number of Topliss-reactive ketones (excluding diaryl/α,β-unsaturated/α-hetero) is 1. The van der Waals surface area contributed by atoms with Gasteiger partial charge in [0, 0.05) is 5.56 Å². The van der Waals surface area contributed by atoms with Crippen LogP contribution < -0.4 is 4.74 Å². The van der Waals surface area contributed by atoms with E-state index in [1.807, 2.05) is 47.5 Å². The van der Waals surface area contributed by atoms with Gasteiger partial charge in [0.25, 0.3) is 0 Å². The van der Waals surface area contributed by atoms with Gasteiger partial charge in [-0.25, -0.2) is 0 Å². The molecule has 0 unspecified atom stereocenters. The maximum Gasteiger partial charge on any atom is 0.323 e. The van der Waals surface area contributed by atoms with E-state index >= 15 is 0 Å². The highest BCUT2D eigenvalue weighted by Crippen LogP contribution is 2.22. The van der Waals surface area contributed by atoms with E-state index in [0.717, 1.165) is 11.2 Å². The second-order valence-electron chi connectivity index (χ2n) is 4.64. The summed E-state index contributed by atoms with van der Waals surface area (Å²) in [5.74, 6) is 2.82. The number of carbonyl (C=O) groups is 1. The van der Waals surface area contributed by atoms with Crippen molar-refractivity contribution in [2.75, 3.05) is 7.11 Å². The van der Waals surface area contributed by atoms with Crippen LogP contribution in [-0.2, 0) is 0 Å². The third-order valence-corrected chi connectivity index (χ3v) is 3.45. The summed E-state index contributed by atoms with van der Waals surface area (Å²) in [4.78, 5) is 14.7. The molecule has 0 saturated carbocycles. The summed E-state index contributed by atoms with van der Waals surface area (Å²) in [6.45, 7) is -0.0143. The van der Waals surface area contributed by atoms with Crippen LogP contribution in [0.15, 0.2) is 72.4 Å². The maximum atomic E-state index is 12.6. The van der Waals surface area contributed by atoms with Crippen molar-refractivity contribution in [2.45, 2.75) is 0 Å². The summed E-state index contributed by atoms with van der Waals surface area (Å²) in [5.41, 5.74) is 1.45. The highest BCUT2D eigenvalue weighted by Gasteiger charge is 2.30. The van der Waals surface area contributed by atoms with Crippen LogP contribution in [0.5, 0.6) is 5.75 Å². The van der Waals surface area contributed by atoms with Crippen molar-refractivity contribution < 1.29 is 9.53 Å². The average Bonchev–Trinajstić information content (AvgIpc) is 2.54. The Bertz CT molecular complexity index is 641. The van der Waals surface area contributed by atoms with Crippen LogP contribution in [0.4, 0.5) is 0 Å². The minimum atomic E-state index is -0.0143. The fourth-order valence-electron chi connectivity index (χ4n) is 2.38. The molecule has 0 saturated heterocycles. The van der Waals surface area contributed by atoms with Crippen LogP contribution in [0.2, 0.25) is 0 Å². The van der Waals surface area contributed by atoms with Gasteiger partial charge in [-0.15, -0.1) is 0 Å². The molecule has 0 atom stereocenters. The van der Waals surface area contributed by atoms with Crippen LogP contribution >= 0.6 is 0 Å². The summed E-state index contributed by atoms with van der Waals surface area (Å²) in [6, 6.07) is 7.21. The zero-order chi connectivity index (χ0) is 13.9. The molecule has 0 aromatic heterocycles. The Morgan fingerprint density at radius 3 is 2.60 bits per heavy atom. The van der Waals surface area contributed by atoms with E-state index in [4.69, 9.17) is 4.74 Å². The fourth-order valence-corrected chi connectivity index (χ4v) is 2.38. The lowest BCUT2D eigenvalue weighted by molar-refractivity contribution is 0.104. The molecule has 0 amide bonds. The van der Waals surface area contributed by atoms with Gasteiger partial charge in [-0.3, -0.25) is 4.79 Å². The molecule has 2 aliphatic heterocycles. The Kier molecular flexibility index (Phi) is 3.29. The van der Waals surface area contributed by atoms with Gasteiger partial charge in [0.1, 0.15) is 5.75 Å². The van der Waals surface area contributed by atoms with Gasteiger partial charge in [0.2, 0.25) is 0 Å². The molecule has 20 heavy (non-hydrogen) atoms. The van der Waals surface area contributed by atoms with Crippen molar-refractivity contribution in [2.24, 2.45) is 0 Å². The Morgan fingerprint density at radius 2 is 1.85 bits per heavy atom. The van der Waals surface area contributed by atoms with Crippen molar-refractivity contribution in [1.29, 1.82) is 0 Å². The van der Waals surface area contributed by atoms with E-state index < -0.39 is 0 Å². The number of hydrogen-bond acceptors (Lipinski definition) is 3. The molecule has 3 nitrogen and oxygen atoms in total. The number of fused-ring (bicyclic) bond motifs is 1. The standard InChI is InChI=1S/C16H14BNO2/c1-20-14-8-6-13(7-9-14)16(19)15-5-4-12-18-11-3-2-10-17(15)18/h2-12H,1H3. The number of allylic oxidation sites excluding steroid dienone is 5. The Hall–Kier alpha value is -2.49. The molecule has 0 N–H and O–H groups in total. The smallest absolute Gasteiger partial charge is 0.323 e. The van der Waals surface area contributed by atoms with Crippen molar-refractivity contribution in [1.82, 2.24) is 4.81 Å². The third-order valence-electron chi connectivity index (χ3n) is 3.45. The zero-order valence-corrected chi connectivity index (χ0v) is 11.2. The minimum Gasteiger partial charge on any atom is -0.497 e. The van der Waals surface area contributed by atoms with Gasteiger partial charge in [-0.2, -0.15) is 0 Å². The van der Waals surface area contributed by atoms with Crippen molar-refractivity contribution in [3.05, 3.63) is 78.0 Å². The number of rotatable bonds is 3. The Morgan fingerprint density at radius 1 is 1.10 bits per heavy atom. The number of ketones is 1. The molecule has 0 aliphatic carbocycles. The van der Waals surface area contributed by atoms with Crippen LogP contribution in [0.3, 0.4) is 0 Å². The molecular weight excluding hydrogens is 249 g/mol. The van der Waals surface area contributed by atoms with Gasteiger partial charge in [0.05, 0.1) is 7.11 Å². The van der Waals surface area contributed by atoms with Crippen LogP contribution in [0.1, 0.15) is 10.4 Å². The second kappa shape index (κ2) is 5.25. The first-order valence-corrected chi connectivity index (χ1v) is 6.49. The molecule has 2 heterocycles. The molecule has 0 fully saturated rings. The largest absolute Gasteiger partial charge is 0.497 e. The molecule has 2 aliphatic rings. The molecule has 1 aromatic rings. The minimum absolute atomic E-state index is 0.0143. The lowest BCUT2D eigenvalue weighted by Gasteiger charge is -2.28. The fraction of sp³-hybridized carbons (Fsp3) is 0.0625. The molecule has 1 aromatic carbocycles. The highest BCUT2D eigenvalue weighted by molar-refractivity contribution is 6.76. The maximum absolute atomic E-state index is 12.6. The van der Waals surface area contributed by atoms with Crippen molar-refractivity contribution in [3.63, 3.8) is 0 Å². The first kappa shape index (κ1) is 12.5. The van der Waals surface area contributed by atoms with Gasteiger partial charge >= 0.3 is 6.85 Å². The summed E-state index contributed by atoms with van der Waals surface area (Å²) in [7, 11) is 1.61. The summed E-state index contributed by atoms with van der Waals surface area (Å²) in [6.07, 6.45) is 11.6. The van der Waals surface area contributed by atoms with Crippen LogP contribution in [0, 0.1) is 0 Å². The molecule has 4 heteroatoms. The van der Waals surface area contributed by atoms with E-state index in [1.165, 1.54) is 0 Å². The molecule has 3 rings (SSSR count). The monoisotopic (exact) mass is 263 g/mol. The molecule has 98 valence electrons. The first-order chi connectivity index (χ1) is 9.79. The number of hydrogen-bond donors (Lipinski definition) is 0. The SMILES string of the molecule is COc1ccc(C(=O)C2=CC=CN3C=CC=CB23)cc1. The third kappa shape index (κ3) is 2.20. The average molecular weight is 263 g/mol. The van der Waals surface area contributed by atoms with E-state index in [-0.39, 0.29) is 12.6 Å². The van der Waals surface area contributed by atoms with E-state index in [1.54, 1.807) is 31.4 Å². The first-order valence-electron chi connectivity index (χ1n) is 6.49. The van der Waals surface area contributed by atoms with Gasteiger partial charge in [-0.1, -0.05) is 18.1 Å². The number of carbonyl (C=O) groups excluding carboxylic acids is 1. The van der Waals surface area contributed by atoms with Gasteiger partial charge in [-0.05, 0) is 54.3 Å². The summed E-state index contributed by atoms with van der Waals surface area (Å²) >= 11 is 0. The van der Waals surface area contributed by atoms with E-state index in [0.29, 0.717) is 5.56 Å². The van der Waals surface area contributed by atoms with Gasteiger partial charge < -0.3 is 9.55 Å². The number of nitrogens with zero attached hydrogens (tertiary/aromatic N) is 1. The predicted octanol–water partition coefficient (Wildman–Crippen LogP) is 2.79. The Balaban J connectivity index is 1.89. The normalized spacial score (nSPS) is 15.9. The predicted molar refractivity (Wildman–Crippen MR) is 80.4 cm³/mol. The number of ether oxygens (including phenoxy) is 1. The highest BCUT2D eigenvalue weighted by atomic mass is 16.5. The lowest BCUT2D eigenvalue weighted by atomic mass is 9.50. The van der Waals surface area contributed by atoms with E-state index in [2.05, 4.69) is 0 Å². The summed E-state index contributed by atoms with van der Waals surface area (Å²) < 4.78 is 5.11. The summed E-state index contributed by atoms with van der Waals surface area (Å²) in [5, 5.41) is 0. The molecule has 0 spiro atoms. The quantitative estimate of drug-likeness (QED) is 0.620. The van der Waals surface area contributed by atoms with Gasteiger partial charge in [0.15, 0.2) is 5.78 Å². The lowest BCUT2D eigenvalue weighted by Crippen LogP contribution is -2.37. The van der Waals surface area contributed by atoms with Crippen molar-refractivity contribution >= 4 is 12.6 Å². The molecular formula is C16H14BNO2. The molecule has 0 bridgehead atoms. The second-order valence-corrected chi connectivity index (χ2v) is 4.64. The Labute approximate surface area is 118 Å². The van der Waals surface area contributed by atoms with E-state index in [9.17, 15) is 4.79 Å². The van der Waals surface area contributed by atoms with Crippen LogP contribution in [0.25, 0.3) is 0 Å². The molecule has 0 radical (unpaired) electrons. The van der Waals surface area contributed by atoms with Crippen LogP contribution in [-0.4, -0.2) is 24.6 Å². The van der Waals surface area contributed by atoms with Crippen molar-refractivity contribution in [3.8, 4) is 5.75 Å². The number of methoxy groups -OCH3 is 1. The topological polar surface area (TPSA) is 29.5 Å². The zero-order valence-electron chi connectivity index (χ0n) is 11.2.